The lowest BCUT2D eigenvalue weighted by Crippen LogP contribution is -2.34. The number of hydrogen-bond acceptors (Lipinski definition) is 5. The molecule has 0 saturated heterocycles. The second kappa shape index (κ2) is 10.1. The molecule has 0 atom stereocenters. The van der Waals surface area contributed by atoms with E-state index in [1.807, 2.05) is 24.3 Å². The zero-order valence-corrected chi connectivity index (χ0v) is 20.6. The van der Waals surface area contributed by atoms with Gasteiger partial charge in [0.2, 0.25) is 5.95 Å². The highest BCUT2D eigenvalue weighted by atomic mass is 127. The number of carbonyl (C=O) groups excluding carboxylic acids is 1. The van der Waals surface area contributed by atoms with Crippen LogP contribution in [0.4, 0.5) is 11.8 Å². The summed E-state index contributed by atoms with van der Waals surface area (Å²) in [4.78, 5) is 24.3. The van der Waals surface area contributed by atoms with Crippen molar-refractivity contribution in [1.82, 2.24) is 15.3 Å². The van der Waals surface area contributed by atoms with Gasteiger partial charge in [-0.05, 0) is 92.0 Å². The van der Waals surface area contributed by atoms with Gasteiger partial charge in [0.05, 0.1) is 11.3 Å². The summed E-state index contributed by atoms with van der Waals surface area (Å²) in [6.45, 7) is 0.747. The van der Waals surface area contributed by atoms with Crippen LogP contribution in [-0.2, 0) is 12.8 Å². The highest BCUT2D eigenvalue weighted by Gasteiger charge is 2.24. The summed E-state index contributed by atoms with van der Waals surface area (Å²) >= 11 is 2.22. The quantitative estimate of drug-likeness (QED) is 0.538. The number of anilines is 2. The third-order valence-corrected chi connectivity index (χ3v) is 7.38. The molecule has 31 heavy (non-hydrogen) atoms. The van der Waals surface area contributed by atoms with Crippen LogP contribution in [0.5, 0.6) is 0 Å². The van der Waals surface area contributed by atoms with Crippen LogP contribution in [0.3, 0.4) is 0 Å². The Morgan fingerprint density at radius 2 is 1.84 bits per heavy atom. The number of amides is 1. The average Bonchev–Trinajstić information content (AvgIpc) is 2.78. The zero-order chi connectivity index (χ0) is 21.8. The van der Waals surface area contributed by atoms with E-state index in [0.29, 0.717) is 12.0 Å². The van der Waals surface area contributed by atoms with Crippen LogP contribution in [-0.4, -0.2) is 42.6 Å². The standard InChI is InChI=1S/C24H32IN5O/c1-30(2)22-19-8-4-6-10-21(19)28-24(29-22)27-17-13-11-16(12-14-17)15-26-23(31)18-7-3-5-9-20(18)25/h3,5,7,9,16-17H,4,6,8,10-15H2,1-2H3,(H,26,31)(H,27,28,29)/t16-,17+. The van der Waals surface area contributed by atoms with E-state index in [9.17, 15) is 4.79 Å². The Kier molecular flexibility index (Phi) is 7.30. The van der Waals surface area contributed by atoms with Gasteiger partial charge in [0.1, 0.15) is 5.82 Å². The van der Waals surface area contributed by atoms with Crippen LogP contribution in [0.1, 0.15) is 60.1 Å². The van der Waals surface area contributed by atoms with Gasteiger partial charge in [-0.25, -0.2) is 4.98 Å². The highest BCUT2D eigenvalue weighted by molar-refractivity contribution is 14.1. The number of aryl methyl sites for hydroxylation is 1. The van der Waals surface area contributed by atoms with E-state index in [2.05, 4.69) is 52.2 Å². The minimum atomic E-state index is 0.0314. The molecule has 4 rings (SSSR count). The summed E-state index contributed by atoms with van der Waals surface area (Å²) in [5.41, 5.74) is 3.31. The molecule has 166 valence electrons. The maximum absolute atomic E-state index is 12.5. The second-order valence-corrected chi connectivity index (χ2v) is 10.1. The number of aromatic nitrogens is 2. The van der Waals surface area contributed by atoms with Gasteiger partial charge < -0.3 is 15.5 Å². The molecule has 6 nitrogen and oxygen atoms in total. The Labute approximate surface area is 198 Å². The van der Waals surface area contributed by atoms with Crippen molar-refractivity contribution in [2.45, 2.75) is 57.4 Å². The first kappa shape index (κ1) is 22.3. The molecular formula is C24H32IN5O. The monoisotopic (exact) mass is 533 g/mol. The predicted octanol–water partition coefficient (Wildman–Crippen LogP) is 4.43. The minimum absolute atomic E-state index is 0.0314. The van der Waals surface area contributed by atoms with Crippen molar-refractivity contribution >= 4 is 40.3 Å². The number of halogens is 1. The second-order valence-electron chi connectivity index (χ2n) is 8.95. The van der Waals surface area contributed by atoms with Crippen molar-refractivity contribution in [3.05, 3.63) is 44.7 Å². The smallest absolute Gasteiger partial charge is 0.252 e. The molecule has 0 bridgehead atoms. The van der Waals surface area contributed by atoms with Gasteiger partial charge in [-0.15, -0.1) is 0 Å². The highest BCUT2D eigenvalue weighted by Crippen LogP contribution is 2.30. The fourth-order valence-corrected chi connectivity index (χ4v) is 5.31. The Bertz CT molecular complexity index is 924. The Morgan fingerprint density at radius 1 is 1.10 bits per heavy atom. The summed E-state index contributed by atoms with van der Waals surface area (Å²) in [5, 5.41) is 6.74. The topological polar surface area (TPSA) is 70.2 Å². The van der Waals surface area contributed by atoms with Crippen molar-refractivity contribution in [2.75, 3.05) is 30.9 Å². The van der Waals surface area contributed by atoms with Crippen LogP contribution in [0.15, 0.2) is 24.3 Å². The normalized spacial score (nSPS) is 20.6. The van der Waals surface area contributed by atoms with Gasteiger partial charge in [0, 0.05) is 35.8 Å². The maximum atomic E-state index is 12.5. The minimum Gasteiger partial charge on any atom is -0.362 e. The van der Waals surface area contributed by atoms with E-state index in [-0.39, 0.29) is 5.91 Å². The summed E-state index contributed by atoms with van der Waals surface area (Å²) in [6.07, 6.45) is 8.97. The number of nitrogens with zero attached hydrogens (tertiary/aromatic N) is 3. The molecule has 1 aromatic carbocycles. The number of hydrogen-bond donors (Lipinski definition) is 2. The van der Waals surface area contributed by atoms with Crippen LogP contribution in [0.25, 0.3) is 0 Å². The fourth-order valence-electron chi connectivity index (χ4n) is 4.68. The molecule has 2 aliphatic rings. The molecule has 2 aliphatic carbocycles. The molecular weight excluding hydrogens is 501 g/mol. The number of carbonyl (C=O) groups is 1. The number of rotatable bonds is 6. The van der Waals surface area contributed by atoms with Crippen LogP contribution in [0.2, 0.25) is 0 Å². The van der Waals surface area contributed by atoms with E-state index in [1.165, 1.54) is 24.1 Å². The summed E-state index contributed by atoms with van der Waals surface area (Å²) < 4.78 is 0.993. The number of benzene rings is 1. The van der Waals surface area contributed by atoms with Crippen LogP contribution in [0, 0.1) is 9.49 Å². The molecule has 0 spiro atoms. The Balaban J connectivity index is 1.30. The Morgan fingerprint density at radius 3 is 2.58 bits per heavy atom. The largest absolute Gasteiger partial charge is 0.362 e. The Hall–Kier alpha value is -1.90. The van der Waals surface area contributed by atoms with E-state index < -0.39 is 0 Å². The van der Waals surface area contributed by atoms with Crippen molar-refractivity contribution < 1.29 is 4.79 Å². The molecule has 1 heterocycles. The molecule has 7 heteroatoms. The zero-order valence-electron chi connectivity index (χ0n) is 18.5. The lowest BCUT2D eigenvalue weighted by atomic mass is 9.86. The molecule has 1 amide bonds. The lowest BCUT2D eigenvalue weighted by Gasteiger charge is -2.30. The average molecular weight is 533 g/mol. The first-order valence-electron chi connectivity index (χ1n) is 11.4. The molecule has 2 N–H and O–H groups in total. The van der Waals surface area contributed by atoms with Crippen LogP contribution >= 0.6 is 22.6 Å². The predicted molar refractivity (Wildman–Crippen MR) is 134 cm³/mol. The van der Waals surface area contributed by atoms with Gasteiger partial charge in [-0.2, -0.15) is 4.98 Å². The summed E-state index contributed by atoms with van der Waals surface area (Å²) in [5.74, 6) is 2.41. The molecule has 1 aromatic heterocycles. The van der Waals surface area contributed by atoms with E-state index >= 15 is 0 Å². The fraction of sp³-hybridized carbons (Fsp3) is 0.542. The SMILES string of the molecule is CN(C)c1nc(N[C@H]2CC[C@@H](CNC(=O)c3ccccc3I)CC2)nc2c1CCCC2. The van der Waals surface area contributed by atoms with Gasteiger partial charge in [-0.3, -0.25) is 4.79 Å². The van der Waals surface area contributed by atoms with Gasteiger partial charge in [0.25, 0.3) is 5.91 Å². The van der Waals surface area contributed by atoms with Gasteiger partial charge in [0.15, 0.2) is 0 Å². The number of fused-ring (bicyclic) bond motifs is 1. The molecule has 0 unspecified atom stereocenters. The maximum Gasteiger partial charge on any atom is 0.252 e. The van der Waals surface area contributed by atoms with E-state index in [0.717, 1.165) is 66.0 Å². The molecule has 1 fully saturated rings. The molecule has 2 aromatic rings. The summed E-state index contributed by atoms with van der Waals surface area (Å²) in [7, 11) is 4.13. The van der Waals surface area contributed by atoms with Crippen LogP contribution < -0.4 is 15.5 Å². The van der Waals surface area contributed by atoms with Crippen molar-refractivity contribution in [1.29, 1.82) is 0 Å². The molecule has 0 radical (unpaired) electrons. The molecule has 0 aliphatic heterocycles. The van der Waals surface area contributed by atoms with Crippen molar-refractivity contribution in [3.63, 3.8) is 0 Å². The number of nitrogens with one attached hydrogen (secondary N) is 2. The summed E-state index contributed by atoms with van der Waals surface area (Å²) in [6, 6.07) is 8.13. The first-order valence-corrected chi connectivity index (χ1v) is 12.5. The van der Waals surface area contributed by atoms with Crippen molar-refractivity contribution in [3.8, 4) is 0 Å². The lowest BCUT2D eigenvalue weighted by molar-refractivity contribution is 0.0942. The molecule has 1 saturated carbocycles. The van der Waals surface area contributed by atoms with Gasteiger partial charge in [-0.1, -0.05) is 12.1 Å². The van der Waals surface area contributed by atoms with Crippen molar-refractivity contribution in [2.24, 2.45) is 5.92 Å². The van der Waals surface area contributed by atoms with Gasteiger partial charge >= 0.3 is 0 Å². The first-order chi connectivity index (χ1) is 15.0. The van der Waals surface area contributed by atoms with E-state index in [1.54, 1.807) is 0 Å². The van der Waals surface area contributed by atoms with E-state index in [4.69, 9.17) is 9.97 Å². The third-order valence-electron chi connectivity index (χ3n) is 6.43. The third kappa shape index (κ3) is 5.48.